The van der Waals surface area contributed by atoms with Crippen molar-refractivity contribution in [1.82, 2.24) is 4.98 Å². The number of hydrogen-bond donors (Lipinski definition) is 1. The molecular weight excluding hydrogens is 280 g/mol. The molecule has 1 N–H and O–H groups in total. The highest BCUT2D eigenvalue weighted by molar-refractivity contribution is 7.14. The highest BCUT2D eigenvalue weighted by Gasteiger charge is 2.24. The van der Waals surface area contributed by atoms with E-state index in [1.54, 1.807) is 6.92 Å². The van der Waals surface area contributed by atoms with E-state index in [-0.39, 0.29) is 18.3 Å². The van der Waals surface area contributed by atoms with Crippen molar-refractivity contribution in [2.24, 2.45) is 5.92 Å². The van der Waals surface area contributed by atoms with Crippen LogP contribution in [0, 0.1) is 5.92 Å². The monoisotopic (exact) mass is 300 g/mol. The summed E-state index contributed by atoms with van der Waals surface area (Å²) in [5.41, 5.74) is 1.74. The number of methoxy groups -OCH3 is 1. The molecule has 1 unspecified atom stereocenters. The van der Waals surface area contributed by atoms with Crippen LogP contribution in [0.1, 0.15) is 37.7 Å². The maximum Gasteiger partial charge on any atom is 0.360 e. The number of thiazole rings is 1. The van der Waals surface area contributed by atoms with Crippen molar-refractivity contribution in [2.75, 3.05) is 19.0 Å². The van der Waals surface area contributed by atoms with Crippen molar-refractivity contribution in [1.29, 1.82) is 0 Å². The molecule has 0 amide bonds. The topological polar surface area (TPSA) is 77.5 Å². The largest absolute Gasteiger partial charge is 0.467 e. The molecule has 0 aliphatic carbocycles. The fraction of sp³-hybridized carbons (Fsp3) is 0.615. The molecule has 6 nitrogen and oxygen atoms in total. The van der Waals surface area contributed by atoms with Crippen LogP contribution in [0.3, 0.4) is 0 Å². The number of esters is 2. The van der Waals surface area contributed by atoms with E-state index < -0.39 is 12.0 Å². The van der Waals surface area contributed by atoms with Gasteiger partial charge in [0.05, 0.1) is 19.2 Å². The van der Waals surface area contributed by atoms with Gasteiger partial charge in [-0.3, -0.25) is 0 Å². The molecule has 0 fully saturated rings. The Bertz CT molecular complexity index is 459. The summed E-state index contributed by atoms with van der Waals surface area (Å²) in [6, 6.07) is -0.506. The van der Waals surface area contributed by atoms with E-state index in [1.165, 1.54) is 24.0 Å². The predicted molar refractivity (Wildman–Crippen MR) is 77.0 cm³/mol. The summed E-state index contributed by atoms with van der Waals surface area (Å²) in [5, 5.41) is 3.56. The summed E-state index contributed by atoms with van der Waals surface area (Å²) >= 11 is 1.26. The second-order valence-corrected chi connectivity index (χ2v) is 5.45. The lowest BCUT2D eigenvalue weighted by atomic mass is 10.0. The molecular formula is C13H20N2O4S. The predicted octanol–water partition coefficient (Wildman–Crippen LogP) is 2.32. The van der Waals surface area contributed by atoms with Crippen LogP contribution in [0.4, 0.5) is 5.00 Å². The molecule has 1 aromatic heterocycles. The van der Waals surface area contributed by atoms with E-state index in [2.05, 4.69) is 10.3 Å². The molecule has 0 saturated heterocycles. The Morgan fingerprint density at radius 1 is 1.45 bits per heavy atom. The van der Waals surface area contributed by atoms with Gasteiger partial charge in [0.25, 0.3) is 0 Å². The van der Waals surface area contributed by atoms with E-state index >= 15 is 0 Å². The van der Waals surface area contributed by atoms with Crippen LogP contribution in [-0.2, 0) is 14.3 Å². The van der Waals surface area contributed by atoms with Gasteiger partial charge < -0.3 is 14.8 Å². The number of rotatable bonds is 7. The third-order valence-electron chi connectivity index (χ3n) is 2.53. The van der Waals surface area contributed by atoms with Crippen molar-refractivity contribution in [3.63, 3.8) is 0 Å². The maximum absolute atomic E-state index is 11.8. The fourth-order valence-electron chi connectivity index (χ4n) is 1.68. The molecule has 0 spiro atoms. The Labute approximate surface area is 122 Å². The molecule has 0 bridgehead atoms. The van der Waals surface area contributed by atoms with Crippen molar-refractivity contribution >= 4 is 28.3 Å². The van der Waals surface area contributed by atoms with E-state index in [4.69, 9.17) is 9.47 Å². The number of anilines is 1. The van der Waals surface area contributed by atoms with Crippen LogP contribution in [0.15, 0.2) is 5.51 Å². The lowest BCUT2D eigenvalue weighted by Crippen LogP contribution is -2.32. The molecule has 1 rings (SSSR count). The first-order valence-electron chi connectivity index (χ1n) is 6.44. The molecule has 20 heavy (non-hydrogen) atoms. The molecule has 0 aromatic carbocycles. The summed E-state index contributed by atoms with van der Waals surface area (Å²) in [6.45, 7) is 6.03. The quantitative estimate of drug-likeness (QED) is 0.779. The normalized spacial score (nSPS) is 12.1. The lowest BCUT2D eigenvalue weighted by molar-refractivity contribution is -0.141. The molecule has 0 aliphatic heterocycles. The van der Waals surface area contributed by atoms with Gasteiger partial charge in [-0.25, -0.2) is 14.6 Å². The zero-order valence-corrected chi connectivity index (χ0v) is 13.0. The number of nitrogens with one attached hydrogen (secondary N) is 1. The molecule has 1 heterocycles. The van der Waals surface area contributed by atoms with Crippen LogP contribution in [-0.4, -0.2) is 36.7 Å². The van der Waals surface area contributed by atoms with Gasteiger partial charge in [-0.2, -0.15) is 0 Å². The molecule has 7 heteroatoms. The minimum Gasteiger partial charge on any atom is -0.467 e. The van der Waals surface area contributed by atoms with Gasteiger partial charge in [0.15, 0.2) is 5.69 Å². The second-order valence-electron chi connectivity index (χ2n) is 4.60. The SMILES string of the molecule is CCOC(=O)c1ncsc1NC(CC(C)C)C(=O)OC. The number of aromatic nitrogens is 1. The molecule has 0 radical (unpaired) electrons. The molecule has 1 atom stereocenters. The summed E-state index contributed by atoms with van der Waals surface area (Å²) < 4.78 is 9.70. The van der Waals surface area contributed by atoms with Gasteiger partial charge >= 0.3 is 11.9 Å². The Morgan fingerprint density at radius 3 is 2.70 bits per heavy atom. The molecule has 0 aliphatic rings. The Kier molecular flexibility index (Phi) is 6.44. The van der Waals surface area contributed by atoms with Crippen LogP contribution < -0.4 is 5.32 Å². The van der Waals surface area contributed by atoms with Crippen LogP contribution in [0.5, 0.6) is 0 Å². The Hall–Kier alpha value is -1.63. The third-order valence-corrected chi connectivity index (χ3v) is 3.29. The van der Waals surface area contributed by atoms with Gasteiger partial charge in [-0.1, -0.05) is 13.8 Å². The summed E-state index contributed by atoms with van der Waals surface area (Å²) in [7, 11) is 1.34. The second kappa shape index (κ2) is 7.84. The Morgan fingerprint density at radius 2 is 2.15 bits per heavy atom. The molecule has 112 valence electrons. The number of carbonyl (C=O) groups is 2. The van der Waals surface area contributed by atoms with E-state index in [1.807, 2.05) is 13.8 Å². The van der Waals surface area contributed by atoms with Crippen molar-refractivity contribution in [3.05, 3.63) is 11.2 Å². The van der Waals surface area contributed by atoms with E-state index in [0.717, 1.165) is 0 Å². The van der Waals surface area contributed by atoms with E-state index in [0.29, 0.717) is 17.3 Å². The zero-order valence-electron chi connectivity index (χ0n) is 12.1. The molecule has 0 saturated carbocycles. The minimum absolute atomic E-state index is 0.203. The average Bonchev–Trinajstić information content (AvgIpc) is 2.85. The maximum atomic E-state index is 11.8. The first-order chi connectivity index (χ1) is 9.49. The van der Waals surface area contributed by atoms with Crippen molar-refractivity contribution in [2.45, 2.75) is 33.2 Å². The van der Waals surface area contributed by atoms with Crippen LogP contribution in [0.2, 0.25) is 0 Å². The van der Waals surface area contributed by atoms with E-state index in [9.17, 15) is 9.59 Å². The van der Waals surface area contributed by atoms with Crippen molar-refractivity contribution < 1.29 is 19.1 Å². The highest BCUT2D eigenvalue weighted by Crippen LogP contribution is 2.23. The van der Waals surface area contributed by atoms with Gasteiger partial charge in [-0.15, -0.1) is 11.3 Å². The summed E-state index contributed by atoms with van der Waals surface area (Å²) in [4.78, 5) is 27.5. The van der Waals surface area contributed by atoms with Gasteiger partial charge in [-0.05, 0) is 19.3 Å². The van der Waals surface area contributed by atoms with Gasteiger partial charge in [0.2, 0.25) is 0 Å². The zero-order chi connectivity index (χ0) is 15.1. The number of carbonyl (C=O) groups excluding carboxylic acids is 2. The van der Waals surface area contributed by atoms with Crippen molar-refractivity contribution in [3.8, 4) is 0 Å². The van der Waals surface area contributed by atoms with Crippen LogP contribution >= 0.6 is 11.3 Å². The summed E-state index contributed by atoms with van der Waals surface area (Å²) in [6.07, 6.45) is 0.604. The smallest absolute Gasteiger partial charge is 0.360 e. The molecule has 1 aromatic rings. The van der Waals surface area contributed by atoms with Gasteiger partial charge in [0, 0.05) is 0 Å². The van der Waals surface area contributed by atoms with Gasteiger partial charge in [0.1, 0.15) is 11.0 Å². The summed E-state index contributed by atoms with van der Waals surface area (Å²) in [5.74, 6) is -0.545. The van der Waals surface area contributed by atoms with Crippen LogP contribution in [0.25, 0.3) is 0 Å². The highest BCUT2D eigenvalue weighted by atomic mass is 32.1. The average molecular weight is 300 g/mol. The standard InChI is InChI=1S/C13H20N2O4S/c1-5-19-13(17)10-11(20-7-14-10)15-9(6-8(2)3)12(16)18-4/h7-9,15H,5-6H2,1-4H3. The number of hydrogen-bond acceptors (Lipinski definition) is 7. The fourth-order valence-corrected chi connectivity index (χ4v) is 2.40. The third kappa shape index (κ3) is 4.48. The first kappa shape index (κ1) is 16.4. The number of nitrogens with zero attached hydrogens (tertiary/aromatic N) is 1. The first-order valence-corrected chi connectivity index (χ1v) is 7.32. The minimum atomic E-state index is -0.506. The number of ether oxygens (including phenoxy) is 2. The Balaban J connectivity index is 2.86. The lowest BCUT2D eigenvalue weighted by Gasteiger charge is -2.18.